The van der Waals surface area contributed by atoms with Crippen LogP contribution in [0.5, 0.6) is 11.5 Å². The molecule has 2 aromatic rings. The van der Waals surface area contributed by atoms with Crippen molar-refractivity contribution in [2.45, 2.75) is 20.3 Å². The molecule has 0 saturated heterocycles. The molecule has 6 heteroatoms. The number of para-hydroxylation sites is 1. The first-order valence-corrected chi connectivity index (χ1v) is 10.3. The third-order valence-electron chi connectivity index (χ3n) is 4.07. The average molecular weight is 397 g/mol. The predicted molar refractivity (Wildman–Crippen MR) is 116 cm³/mol. The number of anilines is 1. The number of hydrogen-bond acceptors (Lipinski definition) is 5. The van der Waals surface area contributed by atoms with Crippen molar-refractivity contribution in [3.05, 3.63) is 59.8 Å². The van der Waals surface area contributed by atoms with E-state index in [2.05, 4.69) is 11.9 Å². The Balaban J connectivity index is 1.95. The lowest BCUT2D eigenvalue weighted by atomic mass is 10.1. The Hall–Kier alpha value is -2.73. The molecule has 1 aliphatic rings. The first kappa shape index (κ1) is 20.0. The fourth-order valence-corrected chi connectivity index (χ4v) is 3.66. The van der Waals surface area contributed by atoms with Crippen LogP contribution < -0.4 is 14.4 Å². The van der Waals surface area contributed by atoms with Crippen molar-refractivity contribution in [1.82, 2.24) is 0 Å². The maximum atomic E-state index is 13.1. The largest absolute Gasteiger partial charge is 0.493 e. The normalized spacial score (nSPS) is 15.1. The first-order chi connectivity index (χ1) is 13.7. The molecule has 0 fully saturated rings. The van der Waals surface area contributed by atoms with Gasteiger partial charge in [-0.3, -0.25) is 9.69 Å². The Morgan fingerprint density at radius 2 is 1.89 bits per heavy atom. The molecule has 0 unspecified atom stereocenters. The number of methoxy groups -OCH3 is 1. The molecule has 0 spiro atoms. The molecular weight excluding hydrogens is 372 g/mol. The number of amides is 1. The number of carbonyl (C=O) groups is 1. The molecule has 0 atom stereocenters. The second-order valence-electron chi connectivity index (χ2n) is 6.09. The Morgan fingerprint density at radius 3 is 2.57 bits per heavy atom. The minimum Gasteiger partial charge on any atom is -0.493 e. The van der Waals surface area contributed by atoms with Gasteiger partial charge in [0.1, 0.15) is 5.70 Å². The van der Waals surface area contributed by atoms with E-state index in [1.165, 1.54) is 0 Å². The van der Waals surface area contributed by atoms with Gasteiger partial charge in [-0.1, -0.05) is 43.0 Å². The molecular formula is C22H24N2O3S. The average Bonchev–Trinajstić information content (AvgIpc) is 3.03. The second kappa shape index (κ2) is 9.46. The Labute approximate surface area is 170 Å². The second-order valence-corrected chi connectivity index (χ2v) is 7.15. The molecule has 0 bridgehead atoms. The van der Waals surface area contributed by atoms with Gasteiger partial charge >= 0.3 is 0 Å². The third-order valence-corrected chi connectivity index (χ3v) is 5.21. The van der Waals surface area contributed by atoms with Crippen LogP contribution >= 0.6 is 11.8 Å². The van der Waals surface area contributed by atoms with Crippen LogP contribution in [0.15, 0.2) is 59.2 Å². The standard InChI is InChI=1S/C22H24N2O3S/c1-4-13-28-22-23-18(21(25)24(22)17-9-7-6-8-10-17)14-16-11-12-19(27-5-2)20(15-16)26-3/h6-12,14-15H,4-5,13H2,1-3H3/b18-14+. The monoisotopic (exact) mass is 396 g/mol. The molecule has 28 heavy (non-hydrogen) atoms. The van der Waals surface area contributed by atoms with E-state index in [1.807, 2.05) is 55.5 Å². The van der Waals surface area contributed by atoms with Crippen LogP contribution in [0, 0.1) is 0 Å². The summed E-state index contributed by atoms with van der Waals surface area (Å²) in [6.07, 6.45) is 2.80. The lowest BCUT2D eigenvalue weighted by molar-refractivity contribution is -0.113. The summed E-state index contributed by atoms with van der Waals surface area (Å²) in [4.78, 5) is 19.4. The van der Waals surface area contributed by atoms with Gasteiger partial charge in [0, 0.05) is 5.75 Å². The van der Waals surface area contributed by atoms with Crippen LogP contribution in [0.1, 0.15) is 25.8 Å². The number of aliphatic imine (C=N–C) groups is 1. The topological polar surface area (TPSA) is 51.1 Å². The van der Waals surface area contributed by atoms with Gasteiger partial charge in [-0.2, -0.15) is 0 Å². The number of ether oxygens (including phenoxy) is 2. The van der Waals surface area contributed by atoms with Crippen molar-refractivity contribution >= 4 is 34.6 Å². The number of thioether (sulfide) groups is 1. The van der Waals surface area contributed by atoms with Gasteiger partial charge in [0.05, 0.1) is 19.4 Å². The van der Waals surface area contributed by atoms with Crippen LogP contribution in [-0.2, 0) is 4.79 Å². The molecule has 1 amide bonds. The minimum absolute atomic E-state index is 0.127. The number of nitrogens with zero attached hydrogens (tertiary/aromatic N) is 2. The number of rotatable bonds is 7. The van der Waals surface area contributed by atoms with Crippen LogP contribution in [0.3, 0.4) is 0 Å². The summed E-state index contributed by atoms with van der Waals surface area (Å²) in [5.41, 5.74) is 2.07. The SMILES string of the molecule is CCCSC1=N/C(=C/c2ccc(OCC)c(OC)c2)C(=O)N1c1ccccc1. The Morgan fingerprint density at radius 1 is 1.11 bits per heavy atom. The molecule has 1 heterocycles. The molecule has 0 saturated carbocycles. The molecule has 0 radical (unpaired) electrons. The summed E-state index contributed by atoms with van der Waals surface area (Å²) in [7, 11) is 1.60. The highest BCUT2D eigenvalue weighted by atomic mass is 32.2. The minimum atomic E-state index is -0.127. The van der Waals surface area contributed by atoms with Crippen LogP contribution in [-0.4, -0.2) is 30.5 Å². The highest BCUT2D eigenvalue weighted by Gasteiger charge is 2.31. The zero-order valence-electron chi connectivity index (χ0n) is 16.3. The summed E-state index contributed by atoms with van der Waals surface area (Å²) in [5.74, 6) is 2.09. The molecule has 146 valence electrons. The molecule has 3 rings (SSSR count). The highest BCUT2D eigenvalue weighted by molar-refractivity contribution is 8.14. The van der Waals surface area contributed by atoms with Gasteiger partial charge in [-0.15, -0.1) is 0 Å². The molecule has 1 aliphatic heterocycles. The van der Waals surface area contributed by atoms with Gasteiger partial charge in [0.25, 0.3) is 5.91 Å². The Bertz CT molecular complexity index is 894. The van der Waals surface area contributed by atoms with Crippen molar-refractivity contribution in [1.29, 1.82) is 0 Å². The Kier molecular flexibility index (Phi) is 6.76. The van der Waals surface area contributed by atoms with E-state index in [1.54, 1.807) is 29.8 Å². The third kappa shape index (κ3) is 4.39. The van der Waals surface area contributed by atoms with Gasteiger partial charge in [0.15, 0.2) is 16.7 Å². The summed E-state index contributed by atoms with van der Waals surface area (Å²) in [6, 6.07) is 15.2. The molecule has 0 aromatic heterocycles. The molecule has 2 aromatic carbocycles. The van der Waals surface area contributed by atoms with Crippen LogP contribution in [0.25, 0.3) is 6.08 Å². The fraction of sp³-hybridized carbons (Fsp3) is 0.273. The lowest BCUT2D eigenvalue weighted by Crippen LogP contribution is -2.30. The predicted octanol–water partition coefficient (Wildman–Crippen LogP) is 4.98. The van der Waals surface area contributed by atoms with Gasteiger partial charge in [0.2, 0.25) is 0 Å². The van der Waals surface area contributed by atoms with E-state index >= 15 is 0 Å². The fourth-order valence-electron chi connectivity index (χ4n) is 2.80. The quantitative estimate of drug-likeness (QED) is 0.619. The summed E-state index contributed by atoms with van der Waals surface area (Å²) in [6.45, 7) is 4.60. The van der Waals surface area contributed by atoms with Crippen LogP contribution in [0.4, 0.5) is 5.69 Å². The highest BCUT2D eigenvalue weighted by Crippen LogP contribution is 2.32. The summed E-state index contributed by atoms with van der Waals surface area (Å²) in [5, 5.41) is 0.710. The number of benzene rings is 2. The first-order valence-electron chi connectivity index (χ1n) is 9.31. The van der Waals surface area contributed by atoms with E-state index in [0.29, 0.717) is 29.0 Å². The summed E-state index contributed by atoms with van der Waals surface area (Å²) < 4.78 is 11.0. The van der Waals surface area contributed by atoms with Gasteiger partial charge < -0.3 is 9.47 Å². The number of carbonyl (C=O) groups excluding carboxylic acids is 1. The van der Waals surface area contributed by atoms with Crippen molar-refractivity contribution in [3.8, 4) is 11.5 Å². The lowest BCUT2D eigenvalue weighted by Gasteiger charge is -2.17. The van der Waals surface area contributed by atoms with Crippen molar-refractivity contribution in [2.24, 2.45) is 4.99 Å². The smallest absolute Gasteiger partial charge is 0.283 e. The van der Waals surface area contributed by atoms with E-state index < -0.39 is 0 Å². The van der Waals surface area contributed by atoms with Crippen LogP contribution in [0.2, 0.25) is 0 Å². The van der Waals surface area contributed by atoms with E-state index in [0.717, 1.165) is 23.4 Å². The molecule has 0 aliphatic carbocycles. The van der Waals surface area contributed by atoms with E-state index in [-0.39, 0.29) is 5.91 Å². The maximum absolute atomic E-state index is 13.1. The van der Waals surface area contributed by atoms with Gasteiger partial charge in [-0.25, -0.2) is 4.99 Å². The maximum Gasteiger partial charge on any atom is 0.283 e. The van der Waals surface area contributed by atoms with Crippen molar-refractivity contribution in [3.63, 3.8) is 0 Å². The summed E-state index contributed by atoms with van der Waals surface area (Å²) >= 11 is 1.59. The van der Waals surface area contributed by atoms with Crippen molar-refractivity contribution < 1.29 is 14.3 Å². The zero-order chi connectivity index (χ0) is 19.9. The molecule has 0 N–H and O–H groups in total. The van der Waals surface area contributed by atoms with E-state index in [9.17, 15) is 4.79 Å². The number of amidine groups is 1. The number of hydrogen-bond donors (Lipinski definition) is 0. The van der Waals surface area contributed by atoms with Crippen molar-refractivity contribution in [2.75, 3.05) is 24.4 Å². The molecule has 5 nitrogen and oxygen atoms in total. The zero-order valence-corrected chi connectivity index (χ0v) is 17.2. The van der Waals surface area contributed by atoms with Gasteiger partial charge in [-0.05, 0) is 49.2 Å². The van der Waals surface area contributed by atoms with E-state index in [4.69, 9.17) is 9.47 Å².